The molecular weight excluding hydrogens is 212 g/mol. The molecule has 0 aromatic heterocycles. The van der Waals surface area contributed by atoms with Crippen molar-refractivity contribution in [2.75, 3.05) is 6.61 Å². The highest BCUT2D eigenvalue weighted by Crippen LogP contribution is 2.18. The molecule has 0 atom stereocenters. The molecule has 0 unspecified atom stereocenters. The van der Waals surface area contributed by atoms with Gasteiger partial charge in [0.2, 0.25) is 5.24 Å². The normalized spacial score (nSPS) is 9.67. The second-order valence-electron chi connectivity index (χ2n) is 3.05. The van der Waals surface area contributed by atoms with Gasteiger partial charge in [0.25, 0.3) is 0 Å². The molecule has 0 radical (unpaired) electrons. The van der Waals surface area contributed by atoms with Crippen molar-refractivity contribution in [3.05, 3.63) is 42.5 Å². The van der Waals surface area contributed by atoms with Crippen LogP contribution in [0.25, 0.3) is 0 Å². The van der Waals surface area contributed by atoms with E-state index in [1.54, 1.807) is 0 Å². The summed E-state index contributed by atoms with van der Waals surface area (Å²) in [6.07, 6.45) is 2.80. The molecule has 1 aromatic carbocycles. The molecule has 2 nitrogen and oxygen atoms in total. The Bertz CT molecular complexity index is 347. The Morgan fingerprint density at radius 1 is 1.47 bits per heavy atom. The van der Waals surface area contributed by atoms with E-state index in [2.05, 4.69) is 6.58 Å². The van der Waals surface area contributed by atoms with E-state index in [0.717, 1.165) is 17.7 Å². The highest BCUT2D eigenvalue weighted by molar-refractivity contribution is 6.63. The van der Waals surface area contributed by atoms with Crippen LogP contribution in [0.3, 0.4) is 0 Å². The summed E-state index contributed by atoms with van der Waals surface area (Å²) in [4.78, 5) is 10.5. The van der Waals surface area contributed by atoms with Gasteiger partial charge in [0.1, 0.15) is 5.75 Å². The highest BCUT2D eigenvalue weighted by Gasteiger charge is 2.02. The minimum absolute atomic E-state index is 0.226. The molecule has 0 fully saturated rings. The standard InChI is InChI=1S/C12H13ClO2/c1-2-5-10-6-3-4-7-11(10)15-9-8-12(13)14/h2-4,6-7H,1,5,8-9H2. The number of halogens is 1. The maximum Gasteiger partial charge on any atom is 0.225 e. The molecule has 0 saturated carbocycles. The van der Waals surface area contributed by atoms with Crippen LogP contribution in [0.5, 0.6) is 5.75 Å². The zero-order chi connectivity index (χ0) is 11.1. The van der Waals surface area contributed by atoms with Crippen LogP contribution in [0.15, 0.2) is 36.9 Å². The lowest BCUT2D eigenvalue weighted by molar-refractivity contribution is -0.112. The van der Waals surface area contributed by atoms with Crippen molar-refractivity contribution in [2.45, 2.75) is 12.8 Å². The Balaban J connectivity index is 2.58. The number of hydrogen-bond donors (Lipinski definition) is 0. The van der Waals surface area contributed by atoms with E-state index >= 15 is 0 Å². The average Bonchev–Trinajstić information content (AvgIpc) is 2.20. The predicted octanol–water partition coefficient (Wildman–Crippen LogP) is 2.95. The third-order valence-corrected chi connectivity index (χ3v) is 2.08. The Hall–Kier alpha value is -1.28. The zero-order valence-electron chi connectivity index (χ0n) is 8.41. The van der Waals surface area contributed by atoms with E-state index < -0.39 is 0 Å². The Morgan fingerprint density at radius 3 is 2.87 bits per heavy atom. The molecule has 0 aliphatic rings. The number of rotatable bonds is 6. The van der Waals surface area contributed by atoms with Gasteiger partial charge in [-0.3, -0.25) is 4.79 Å². The number of hydrogen-bond acceptors (Lipinski definition) is 2. The largest absolute Gasteiger partial charge is 0.493 e. The monoisotopic (exact) mass is 224 g/mol. The number of para-hydroxylation sites is 1. The third kappa shape index (κ3) is 4.17. The second-order valence-corrected chi connectivity index (χ2v) is 3.48. The number of benzene rings is 1. The van der Waals surface area contributed by atoms with Gasteiger partial charge >= 0.3 is 0 Å². The van der Waals surface area contributed by atoms with Crippen molar-refractivity contribution in [2.24, 2.45) is 0 Å². The van der Waals surface area contributed by atoms with Crippen LogP contribution in [0.1, 0.15) is 12.0 Å². The molecule has 0 heterocycles. The Kier molecular flexibility index (Phi) is 4.91. The topological polar surface area (TPSA) is 26.3 Å². The lowest BCUT2D eigenvalue weighted by Gasteiger charge is -2.08. The predicted molar refractivity (Wildman–Crippen MR) is 61.3 cm³/mol. The number of carbonyl (C=O) groups excluding carboxylic acids is 1. The molecule has 0 bridgehead atoms. The molecule has 15 heavy (non-hydrogen) atoms. The summed E-state index contributed by atoms with van der Waals surface area (Å²) in [6.45, 7) is 3.99. The van der Waals surface area contributed by atoms with Crippen molar-refractivity contribution < 1.29 is 9.53 Å². The van der Waals surface area contributed by atoms with Gasteiger partial charge in [-0.1, -0.05) is 24.3 Å². The first-order valence-electron chi connectivity index (χ1n) is 4.74. The SMILES string of the molecule is C=CCc1ccccc1OCCC(=O)Cl. The fourth-order valence-corrected chi connectivity index (χ4v) is 1.29. The number of carbonyl (C=O) groups is 1. The molecule has 80 valence electrons. The molecular formula is C12H13ClO2. The average molecular weight is 225 g/mol. The molecule has 0 saturated heterocycles. The molecule has 3 heteroatoms. The van der Waals surface area contributed by atoms with Crippen LogP contribution in [0.4, 0.5) is 0 Å². The van der Waals surface area contributed by atoms with Gasteiger partial charge < -0.3 is 4.74 Å². The summed E-state index contributed by atoms with van der Waals surface area (Å²) < 4.78 is 5.45. The van der Waals surface area contributed by atoms with Gasteiger partial charge in [-0.25, -0.2) is 0 Å². The molecule has 1 rings (SSSR count). The first-order valence-corrected chi connectivity index (χ1v) is 5.11. The quantitative estimate of drug-likeness (QED) is 0.549. The van der Waals surface area contributed by atoms with Gasteiger partial charge in [-0.05, 0) is 29.7 Å². The molecule has 0 aliphatic heterocycles. The fourth-order valence-electron chi connectivity index (χ4n) is 1.21. The first-order chi connectivity index (χ1) is 7.24. The summed E-state index contributed by atoms with van der Waals surface area (Å²) in [6, 6.07) is 7.68. The van der Waals surface area contributed by atoms with Crippen LogP contribution in [0.2, 0.25) is 0 Å². The van der Waals surface area contributed by atoms with Gasteiger partial charge in [0.15, 0.2) is 0 Å². The first kappa shape index (κ1) is 11.8. The highest BCUT2D eigenvalue weighted by atomic mass is 35.5. The molecule has 0 N–H and O–H groups in total. The van der Waals surface area contributed by atoms with Crippen LogP contribution in [-0.4, -0.2) is 11.8 Å². The number of ether oxygens (including phenoxy) is 1. The van der Waals surface area contributed by atoms with Gasteiger partial charge in [0.05, 0.1) is 13.0 Å². The van der Waals surface area contributed by atoms with Crippen LogP contribution >= 0.6 is 11.6 Å². The minimum Gasteiger partial charge on any atom is -0.493 e. The summed E-state index contributed by atoms with van der Waals surface area (Å²) >= 11 is 5.21. The van der Waals surface area contributed by atoms with Gasteiger partial charge in [0, 0.05) is 0 Å². The van der Waals surface area contributed by atoms with E-state index in [1.165, 1.54) is 0 Å². The summed E-state index contributed by atoms with van der Waals surface area (Å²) in [7, 11) is 0. The Labute approximate surface area is 94.5 Å². The number of allylic oxidation sites excluding steroid dienone is 1. The van der Waals surface area contributed by atoms with E-state index in [4.69, 9.17) is 16.3 Å². The summed E-state index contributed by atoms with van der Waals surface area (Å²) in [5.41, 5.74) is 1.06. The minimum atomic E-state index is -0.379. The van der Waals surface area contributed by atoms with E-state index in [0.29, 0.717) is 6.61 Å². The summed E-state index contributed by atoms with van der Waals surface area (Å²) in [5.74, 6) is 0.787. The lowest BCUT2D eigenvalue weighted by atomic mass is 10.1. The molecule has 0 aliphatic carbocycles. The second kappa shape index (κ2) is 6.25. The van der Waals surface area contributed by atoms with Crippen molar-refractivity contribution >= 4 is 16.8 Å². The van der Waals surface area contributed by atoms with E-state index in [1.807, 2.05) is 30.3 Å². The molecule has 1 aromatic rings. The van der Waals surface area contributed by atoms with Crippen LogP contribution in [-0.2, 0) is 11.2 Å². The zero-order valence-corrected chi connectivity index (χ0v) is 9.17. The third-order valence-electron chi connectivity index (χ3n) is 1.89. The van der Waals surface area contributed by atoms with Crippen LogP contribution in [0, 0.1) is 0 Å². The summed E-state index contributed by atoms with van der Waals surface area (Å²) in [5, 5.41) is -0.379. The Morgan fingerprint density at radius 2 is 2.20 bits per heavy atom. The van der Waals surface area contributed by atoms with Gasteiger partial charge in [-0.2, -0.15) is 0 Å². The van der Waals surface area contributed by atoms with Crippen molar-refractivity contribution in [3.63, 3.8) is 0 Å². The lowest BCUT2D eigenvalue weighted by Crippen LogP contribution is -2.02. The maximum absolute atomic E-state index is 10.5. The molecule has 0 amide bonds. The van der Waals surface area contributed by atoms with E-state index in [9.17, 15) is 4.79 Å². The van der Waals surface area contributed by atoms with Crippen molar-refractivity contribution in [1.82, 2.24) is 0 Å². The maximum atomic E-state index is 10.5. The van der Waals surface area contributed by atoms with Gasteiger partial charge in [-0.15, -0.1) is 6.58 Å². The van der Waals surface area contributed by atoms with Crippen molar-refractivity contribution in [3.8, 4) is 5.75 Å². The fraction of sp³-hybridized carbons (Fsp3) is 0.250. The molecule has 0 spiro atoms. The van der Waals surface area contributed by atoms with E-state index in [-0.39, 0.29) is 11.7 Å². The smallest absolute Gasteiger partial charge is 0.225 e. The van der Waals surface area contributed by atoms with Crippen molar-refractivity contribution in [1.29, 1.82) is 0 Å². The van der Waals surface area contributed by atoms with Crippen LogP contribution < -0.4 is 4.74 Å².